The van der Waals surface area contributed by atoms with Crippen LogP contribution in [0.1, 0.15) is 290 Å². The lowest BCUT2D eigenvalue weighted by Gasteiger charge is -2.21. The van der Waals surface area contributed by atoms with Crippen molar-refractivity contribution in [3.8, 4) is 0 Å². The smallest absolute Gasteiger partial charge is 0.463 e. The molecule has 0 aliphatic heterocycles. The Morgan fingerprint density at radius 3 is 0.832 bits per heavy atom. The first-order valence-electron chi connectivity index (χ1n) is 38.8. The molecule has 576 valence electrons. The highest BCUT2D eigenvalue weighted by Crippen LogP contribution is 2.45. The van der Waals surface area contributed by atoms with Gasteiger partial charge >= 0.3 is 33.6 Å². The molecule has 0 aromatic rings. The summed E-state index contributed by atoms with van der Waals surface area (Å²) in [4.78, 5) is 58.7. The number of carbonyl (C=O) groups is 3. The number of ether oxygens (including phenoxy) is 3. The first-order valence-corrected chi connectivity index (χ1v) is 41.8. The second-order valence-corrected chi connectivity index (χ2v) is 28.3. The first kappa shape index (κ1) is 96.2. The fourth-order valence-electron chi connectivity index (χ4n) is 9.87. The summed E-state index contributed by atoms with van der Waals surface area (Å²) >= 11 is 0. The third kappa shape index (κ3) is 76.1. The zero-order valence-electron chi connectivity index (χ0n) is 62.8. The van der Waals surface area contributed by atoms with Crippen molar-refractivity contribution in [2.45, 2.75) is 309 Å². The Labute approximate surface area is 612 Å². The van der Waals surface area contributed by atoms with Gasteiger partial charge in [-0.2, -0.15) is 0 Å². The van der Waals surface area contributed by atoms with E-state index in [1.165, 1.54) is 51.4 Å². The Balaban J connectivity index is 4.70. The fourth-order valence-corrected chi connectivity index (χ4v) is 11.5. The van der Waals surface area contributed by atoms with Crippen molar-refractivity contribution in [3.05, 3.63) is 158 Å². The van der Waals surface area contributed by atoms with Crippen LogP contribution in [0.25, 0.3) is 0 Å². The van der Waals surface area contributed by atoms with Crippen molar-refractivity contribution in [2.75, 3.05) is 39.6 Å². The number of rotatable bonds is 72. The van der Waals surface area contributed by atoms with E-state index in [0.717, 1.165) is 180 Å². The molecule has 0 amide bonds. The molecule has 4 N–H and O–H groups in total. The number of esters is 3. The van der Waals surface area contributed by atoms with Crippen LogP contribution in [0, 0.1) is 0 Å². The summed E-state index contributed by atoms with van der Waals surface area (Å²) in [6, 6.07) is 0. The molecule has 0 aromatic carbocycles. The van der Waals surface area contributed by atoms with Crippen LogP contribution >= 0.6 is 15.6 Å². The molecule has 0 fully saturated rings. The highest BCUT2D eigenvalue weighted by molar-refractivity contribution is 7.47. The van der Waals surface area contributed by atoms with Crippen LogP contribution in [0.2, 0.25) is 0 Å². The SMILES string of the molecule is CC/C=C\C/C=C\C/C=C\C/C=C\C/C=C\CCCCCCCC(=O)OCC(COP(=O)(O)OCC(O)COP(=O)(O)OCC(O)COC(=O)CCCCCCCCCCC/C=C\C/C=C\C/C=C\C/C=C\CCCCC)OC(=O)CCCCCCCC/C=C\C/C=C\C/C=C\C/C=C\CC. The van der Waals surface area contributed by atoms with Gasteiger partial charge in [0.05, 0.1) is 26.4 Å². The number of unbranched alkanes of at least 4 members (excludes halogenated alkanes) is 23. The van der Waals surface area contributed by atoms with Gasteiger partial charge in [-0.3, -0.25) is 32.5 Å². The molecule has 101 heavy (non-hydrogen) atoms. The van der Waals surface area contributed by atoms with E-state index in [1.54, 1.807) is 0 Å². The zero-order valence-corrected chi connectivity index (χ0v) is 64.6. The van der Waals surface area contributed by atoms with E-state index in [1.807, 2.05) is 0 Å². The number of aliphatic hydroxyl groups excluding tert-OH is 2. The number of hydrogen-bond donors (Lipinski definition) is 4. The van der Waals surface area contributed by atoms with E-state index in [9.17, 15) is 43.5 Å². The Hall–Kier alpha value is -4.83. The standard InChI is InChI=1S/C83H138O16P2/c1-4-7-10-13-16-19-22-25-28-31-34-36-37-38-39-41-44-45-48-51-54-57-60-63-66-69-81(86)93-72-78(84)73-95-100(89,90)96-74-79(85)75-97-101(91,92)98-77-80(99-83(88)71-68-65-62-59-56-53-50-47-42-33-30-27-24-21-18-15-12-9-6-3)76-94-82(87)70-67-64-61-58-55-52-49-46-43-40-35-32-29-26-23-20-17-14-11-8-5-2/h8-9,11-12,16-21,25-30,34-36,38-40,42,46-47,49,78-80,84-85H,4-7,10,13-15,22-24,31-33,37,41,43-45,48,50-77H2,1-3H3,(H,89,90)(H,91,92)/b11-8-,12-9-,19-16-,20-17-,21-18-,28-25-,29-26-,30-27-,36-34-,39-38-,40-35-,47-42-,49-46-. The summed E-state index contributed by atoms with van der Waals surface area (Å²) in [5.41, 5.74) is 0. The lowest BCUT2D eigenvalue weighted by molar-refractivity contribution is -0.161. The predicted octanol–water partition coefficient (Wildman–Crippen LogP) is 22.6. The van der Waals surface area contributed by atoms with Gasteiger partial charge in [-0.15, -0.1) is 0 Å². The van der Waals surface area contributed by atoms with Gasteiger partial charge in [0.25, 0.3) is 0 Å². The molecular weight excluding hydrogens is 1310 g/mol. The van der Waals surface area contributed by atoms with Crippen LogP contribution in [0.15, 0.2) is 158 Å². The Morgan fingerprint density at radius 1 is 0.287 bits per heavy atom. The molecule has 5 atom stereocenters. The predicted molar refractivity (Wildman–Crippen MR) is 417 cm³/mol. The average Bonchev–Trinajstić information content (AvgIpc) is 0.970. The molecule has 0 aromatic heterocycles. The minimum absolute atomic E-state index is 0.0777. The maximum Gasteiger partial charge on any atom is 0.472 e. The fraction of sp³-hybridized carbons (Fsp3) is 0.651. The Morgan fingerprint density at radius 2 is 0.525 bits per heavy atom. The monoisotopic (exact) mass is 1450 g/mol. The van der Waals surface area contributed by atoms with Crippen LogP contribution in [0.5, 0.6) is 0 Å². The molecule has 0 radical (unpaired) electrons. The van der Waals surface area contributed by atoms with Crippen LogP contribution in [-0.4, -0.2) is 95.9 Å². The molecule has 0 aliphatic carbocycles. The molecular formula is C83H138O16P2. The van der Waals surface area contributed by atoms with Gasteiger partial charge in [0.1, 0.15) is 25.4 Å². The summed E-state index contributed by atoms with van der Waals surface area (Å²) in [7, 11) is -9.81. The van der Waals surface area contributed by atoms with Crippen LogP contribution in [0.4, 0.5) is 0 Å². The maximum atomic E-state index is 13.0. The Kier molecular flexibility index (Phi) is 71.3. The summed E-state index contributed by atoms with van der Waals surface area (Å²) in [6.07, 6.45) is 92.7. The van der Waals surface area contributed by atoms with Crippen LogP contribution < -0.4 is 0 Å². The lowest BCUT2D eigenvalue weighted by Crippen LogP contribution is -2.30. The summed E-state index contributed by atoms with van der Waals surface area (Å²) in [5, 5.41) is 20.6. The topological polar surface area (TPSA) is 231 Å². The van der Waals surface area contributed by atoms with Crippen molar-refractivity contribution in [3.63, 3.8) is 0 Å². The number of hydrogen-bond acceptors (Lipinski definition) is 14. The number of phosphoric ester groups is 2. The van der Waals surface area contributed by atoms with Crippen molar-refractivity contribution in [1.82, 2.24) is 0 Å². The van der Waals surface area contributed by atoms with Gasteiger partial charge in [-0.25, -0.2) is 9.13 Å². The van der Waals surface area contributed by atoms with Gasteiger partial charge in [0, 0.05) is 19.3 Å². The molecule has 18 heteroatoms. The molecule has 0 heterocycles. The molecule has 0 rings (SSSR count). The summed E-state index contributed by atoms with van der Waals surface area (Å²) < 4.78 is 61.1. The number of allylic oxidation sites excluding steroid dienone is 26. The van der Waals surface area contributed by atoms with Crippen molar-refractivity contribution in [2.24, 2.45) is 0 Å². The summed E-state index contributed by atoms with van der Waals surface area (Å²) in [6.45, 7) is 2.37. The molecule has 0 spiro atoms. The third-order valence-electron chi connectivity index (χ3n) is 15.7. The molecule has 5 unspecified atom stereocenters. The van der Waals surface area contributed by atoms with Crippen molar-refractivity contribution in [1.29, 1.82) is 0 Å². The van der Waals surface area contributed by atoms with Gasteiger partial charge < -0.3 is 34.2 Å². The van der Waals surface area contributed by atoms with E-state index in [4.69, 9.17) is 32.3 Å². The molecule has 0 saturated carbocycles. The highest BCUT2D eigenvalue weighted by atomic mass is 31.2. The highest BCUT2D eigenvalue weighted by Gasteiger charge is 2.29. The van der Waals surface area contributed by atoms with Gasteiger partial charge in [0.2, 0.25) is 0 Å². The average molecular weight is 1450 g/mol. The van der Waals surface area contributed by atoms with Crippen molar-refractivity contribution < 1.29 is 75.8 Å². The van der Waals surface area contributed by atoms with E-state index in [-0.39, 0.29) is 19.3 Å². The van der Waals surface area contributed by atoms with E-state index >= 15 is 0 Å². The van der Waals surface area contributed by atoms with Gasteiger partial charge in [0.15, 0.2) is 6.10 Å². The lowest BCUT2D eigenvalue weighted by atomic mass is 10.1. The van der Waals surface area contributed by atoms with E-state index in [0.29, 0.717) is 19.3 Å². The quantitative estimate of drug-likeness (QED) is 0.0146. The second-order valence-electron chi connectivity index (χ2n) is 25.4. The molecule has 0 saturated heterocycles. The van der Waals surface area contributed by atoms with Gasteiger partial charge in [-0.05, 0) is 148 Å². The molecule has 16 nitrogen and oxygen atoms in total. The van der Waals surface area contributed by atoms with E-state index < -0.39 is 91.5 Å². The molecule has 0 aliphatic rings. The second kappa shape index (κ2) is 74.9. The third-order valence-corrected chi connectivity index (χ3v) is 17.6. The minimum Gasteiger partial charge on any atom is -0.463 e. The van der Waals surface area contributed by atoms with Gasteiger partial charge in [-0.1, -0.05) is 281 Å². The number of carbonyl (C=O) groups excluding carboxylic acids is 3. The molecule has 0 bridgehead atoms. The number of phosphoric acid groups is 2. The largest absolute Gasteiger partial charge is 0.472 e. The van der Waals surface area contributed by atoms with Crippen LogP contribution in [0.3, 0.4) is 0 Å². The minimum atomic E-state index is -4.95. The normalized spacial score (nSPS) is 14.9. The van der Waals surface area contributed by atoms with Crippen molar-refractivity contribution >= 4 is 33.6 Å². The maximum absolute atomic E-state index is 13.0. The number of aliphatic hydroxyl groups is 2. The van der Waals surface area contributed by atoms with Crippen LogP contribution in [-0.2, 0) is 55.8 Å². The van der Waals surface area contributed by atoms with E-state index in [2.05, 4.69) is 179 Å². The zero-order chi connectivity index (χ0) is 73.7. The summed E-state index contributed by atoms with van der Waals surface area (Å²) in [5.74, 6) is -1.62. The Bertz CT molecular complexity index is 2470. The first-order chi connectivity index (χ1) is 49.2.